The van der Waals surface area contributed by atoms with Crippen LogP contribution in [-0.4, -0.2) is 17.6 Å². The molecule has 0 N–H and O–H groups in total. The molecule has 4 nitrogen and oxygen atoms in total. The van der Waals surface area contributed by atoms with Crippen LogP contribution in [0.15, 0.2) is 12.1 Å². The molecule has 5 rings (SSSR count). The monoisotopic (exact) mass is 323 g/mol. The maximum absolute atomic E-state index is 14.0. The molecule has 7 heteroatoms. The molecular weight excluding hydrogens is 311 g/mol. The summed E-state index contributed by atoms with van der Waals surface area (Å²) in [5, 5.41) is 0. The molecule has 3 aliphatic carbocycles. The quantitative estimate of drug-likeness (QED) is 0.588. The number of benzene rings is 1. The summed E-state index contributed by atoms with van der Waals surface area (Å²) >= 11 is 0. The van der Waals surface area contributed by atoms with Gasteiger partial charge in [0.15, 0.2) is 17.5 Å². The molecule has 4 aliphatic rings. The molecule has 1 aromatic rings. The predicted octanol–water partition coefficient (Wildman–Crippen LogP) is 2.21. The van der Waals surface area contributed by atoms with Gasteiger partial charge in [0.05, 0.1) is 17.5 Å². The van der Waals surface area contributed by atoms with Crippen molar-refractivity contribution in [3.05, 3.63) is 29.6 Å². The van der Waals surface area contributed by atoms with Gasteiger partial charge in [0, 0.05) is 24.5 Å². The van der Waals surface area contributed by atoms with E-state index in [2.05, 4.69) is 0 Å². The molecule has 23 heavy (non-hydrogen) atoms. The lowest BCUT2D eigenvalue weighted by molar-refractivity contribution is -0.143. The van der Waals surface area contributed by atoms with Crippen LogP contribution in [-0.2, 0) is 14.4 Å². The van der Waals surface area contributed by atoms with Gasteiger partial charge in [-0.25, -0.2) is 18.1 Å². The molecule has 3 saturated carbocycles. The number of rotatable bonds is 1. The summed E-state index contributed by atoms with van der Waals surface area (Å²) in [6.07, 6.45) is 1.46. The standard InChI is InChI=1S/C16H12F3NO3/c17-8-4-10(19)11(5-9(8)18)20-15(22)13-6-1-2-7(12(21)3-6)14(13)16(20)23/h4-7,13-14H,1-3H2/t6-,7+,13+,14-/m0/s1. The molecule has 1 aliphatic heterocycles. The zero-order valence-electron chi connectivity index (χ0n) is 11.9. The van der Waals surface area contributed by atoms with E-state index in [4.69, 9.17) is 0 Å². The van der Waals surface area contributed by atoms with E-state index in [1.807, 2.05) is 0 Å². The van der Waals surface area contributed by atoms with Gasteiger partial charge in [0.2, 0.25) is 11.8 Å². The minimum Gasteiger partial charge on any atom is -0.299 e. The van der Waals surface area contributed by atoms with Gasteiger partial charge in [-0.05, 0) is 18.8 Å². The first-order chi connectivity index (χ1) is 10.9. The van der Waals surface area contributed by atoms with Crippen molar-refractivity contribution in [3.8, 4) is 0 Å². The fraction of sp³-hybridized carbons (Fsp3) is 0.438. The van der Waals surface area contributed by atoms with Gasteiger partial charge >= 0.3 is 0 Å². The third-order valence-electron chi connectivity index (χ3n) is 5.30. The van der Waals surface area contributed by atoms with Gasteiger partial charge in [-0.1, -0.05) is 0 Å². The van der Waals surface area contributed by atoms with E-state index in [1.54, 1.807) is 0 Å². The second-order valence-corrected chi connectivity index (χ2v) is 6.40. The Kier molecular flexibility index (Phi) is 2.92. The first kappa shape index (κ1) is 14.4. The number of carbonyl (C=O) groups is 3. The largest absolute Gasteiger partial charge is 0.299 e. The summed E-state index contributed by atoms with van der Waals surface area (Å²) in [5.41, 5.74) is -0.583. The van der Waals surface area contributed by atoms with Crippen molar-refractivity contribution in [3.63, 3.8) is 0 Å². The van der Waals surface area contributed by atoms with Crippen LogP contribution >= 0.6 is 0 Å². The summed E-state index contributed by atoms with van der Waals surface area (Å²) in [6.45, 7) is 0. The van der Waals surface area contributed by atoms with E-state index in [1.165, 1.54) is 0 Å². The molecule has 0 spiro atoms. The smallest absolute Gasteiger partial charge is 0.238 e. The number of carbonyl (C=O) groups excluding carboxylic acids is 3. The Morgan fingerprint density at radius 2 is 1.52 bits per heavy atom. The fourth-order valence-corrected chi connectivity index (χ4v) is 4.30. The van der Waals surface area contributed by atoms with Crippen molar-refractivity contribution >= 4 is 23.3 Å². The van der Waals surface area contributed by atoms with Crippen molar-refractivity contribution in [2.24, 2.45) is 23.7 Å². The lowest BCUT2D eigenvalue weighted by Crippen LogP contribution is -2.46. The molecule has 2 bridgehead atoms. The number of ketones is 1. The zero-order chi connectivity index (χ0) is 16.5. The highest BCUT2D eigenvalue weighted by Crippen LogP contribution is 2.52. The molecule has 4 atom stereocenters. The summed E-state index contributed by atoms with van der Waals surface area (Å²) < 4.78 is 40.5. The molecule has 0 unspecified atom stereocenters. The Morgan fingerprint density at radius 1 is 0.870 bits per heavy atom. The van der Waals surface area contributed by atoms with Gasteiger partial charge in [-0.2, -0.15) is 0 Å². The van der Waals surface area contributed by atoms with Crippen molar-refractivity contribution in [1.29, 1.82) is 0 Å². The second-order valence-electron chi connectivity index (χ2n) is 6.40. The summed E-state index contributed by atoms with van der Waals surface area (Å²) in [5.74, 6) is -7.47. The molecule has 1 saturated heterocycles. The van der Waals surface area contributed by atoms with E-state index < -0.39 is 52.7 Å². The fourth-order valence-electron chi connectivity index (χ4n) is 4.30. The first-order valence-electron chi connectivity index (χ1n) is 7.45. The number of amides is 2. The number of fused-ring (bicyclic) bond motifs is 2. The highest BCUT2D eigenvalue weighted by atomic mass is 19.2. The molecule has 4 fully saturated rings. The van der Waals surface area contributed by atoms with Crippen LogP contribution in [0.25, 0.3) is 0 Å². The lowest BCUT2D eigenvalue weighted by Gasteiger charge is -2.41. The number of anilines is 1. The Hall–Kier alpha value is -2.18. The molecule has 2 amide bonds. The minimum atomic E-state index is -1.39. The Bertz CT molecular complexity index is 763. The van der Waals surface area contributed by atoms with Crippen molar-refractivity contribution in [1.82, 2.24) is 0 Å². The third kappa shape index (κ3) is 1.82. The first-order valence-corrected chi connectivity index (χ1v) is 7.45. The van der Waals surface area contributed by atoms with Crippen LogP contribution in [0.1, 0.15) is 19.3 Å². The number of Topliss-reactive ketones (excluding diaryl/α,β-unsaturated/α-hetero) is 1. The normalized spacial score (nSPS) is 32.7. The van der Waals surface area contributed by atoms with Gasteiger partial charge in [-0.15, -0.1) is 0 Å². The second kappa shape index (κ2) is 4.66. The number of nitrogens with zero attached hydrogens (tertiary/aromatic N) is 1. The van der Waals surface area contributed by atoms with E-state index in [0.717, 1.165) is 0 Å². The van der Waals surface area contributed by atoms with Gasteiger partial charge in [0.1, 0.15) is 5.78 Å². The highest BCUT2D eigenvalue weighted by molar-refractivity contribution is 6.23. The van der Waals surface area contributed by atoms with Crippen molar-refractivity contribution < 1.29 is 27.6 Å². The Labute approximate surface area is 129 Å². The predicted molar refractivity (Wildman–Crippen MR) is 71.6 cm³/mol. The molecule has 0 radical (unpaired) electrons. The van der Waals surface area contributed by atoms with E-state index in [-0.39, 0.29) is 18.1 Å². The third-order valence-corrected chi connectivity index (χ3v) is 5.30. The molecule has 120 valence electrons. The van der Waals surface area contributed by atoms with Crippen LogP contribution < -0.4 is 4.90 Å². The van der Waals surface area contributed by atoms with E-state index >= 15 is 0 Å². The minimum absolute atomic E-state index is 0.0451. The number of hydrogen-bond acceptors (Lipinski definition) is 3. The maximum atomic E-state index is 14.0. The average Bonchev–Trinajstić information content (AvgIpc) is 2.77. The Balaban J connectivity index is 1.80. The Morgan fingerprint density at radius 3 is 2.22 bits per heavy atom. The van der Waals surface area contributed by atoms with Crippen LogP contribution in [0, 0.1) is 41.1 Å². The van der Waals surface area contributed by atoms with Crippen molar-refractivity contribution in [2.75, 3.05) is 4.90 Å². The topological polar surface area (TPSA) is 54.5 Å². The zero-order valence-corrected chi connectivity index (χ0v) is 11.9. The van der Waals surface area contributed by atoms with Crippen LogP contribution in [0.5, 0.6) is 0 Å². The van der Waals surface area contributed by atoms with Crippen molar-refractivity contribution in [2.45, 2.75) is 19.3 Å². The van der Waals surface area contributed by atoms with Gasteiger partial charge in [-0.3, -0.25) is 14.4 Å². The maximum Gasteiger partial charge on any atom is 0.238 e. The number of imide groups is 1. The molecule has 1 aromatic carbocycles. The number of halogens is 3. The van der Waals surface area contributed by atoms with Gasteiger partial charge < -0.3 is 0 Å². The molecule has 1 heterocycles. The van der Waals surface area contributed by atoms with E-state index in [9.17, 15) is 27.6 Å². The summed E-state index contributed by atoms with van der Waals surface area (Å²) in [6, 6.07) is 0.828. The number of hydrogen-bond donors (Lipinski definition) is 0. The average molecular weight is 323 g/mol. The van der Waals surface area contributed by atoms with Crippen LogP contribution in [0.4, 0.5) is 18.9 Å². The highest BCUT2D eigenvalue weighted by Gasteiger charge is 2.61. The lowest BCUT2D eigenvalue weighted by atomic mass is 9.59. The summed E-state index contributed by atoms with van der Waals surface area (Å²) in [7, 11) is 0. The molecular formula is C16H12F3NO3. The van der Waals surface area contributed by atoms with Gasteiger partial charge in [0.25, 0.3) is 0 Å². The molecule has 0 aromatic heterocycles. The SMILES string of the molecule is O=C1C[C@@H]2CC[C@H]1[C@@H]1C(=O)N(c3cc(F)c(F)cc3F)C(=O)[C@H]21. The summed E-state index contributed by atoms with van der Waals surface area (Å²) in [4.78, 5) is 37.8. The van der Waals surface area contributed by atoms with Crippen LogP contribution in [0.2, 0.25) is 0 Å². The van der Waals surface area contributed by atoms with E-state index in [0.29, 0.717) is 29.9 Å². The van der Waals surface area contributed by atoms with Crippen LogP contribution in [0.3, 0.4) is 0 Å².